The standard InChI is InChI=1S/C15H20BrNO2/c1-11(2)4-7-14(10-15(18)19-3)17-13-8-5-12(16)6-9-13/h5-6,8-11,17H,4,7H2,1-3H3/b14-10+. The fourth-order valence-corrected chi connectivity index (χ4v) is 1.80. The molecule has 1 aromatic rings. The Morgan fingerprint density at radius 1 is 1.37 bits per heavy atom. The molecule has 0 aliphatic carbocycles. The summed E-state index contributed by atoms with van der Waals surface area (Å²) in [5.41, 5.74) is 1.84. The second-order valence-electron chi connectivity index (χ2n) is 4.76. The molecule has 0 heterocycles. The third-order valence-corrected chi connectivity index (χ3v) is 3.16. The Kier molecular flexibility index (Phi) is 6.64. The van der Waals surface area contributed by atoms with Crippen LogP contribution in [0.2, 0.25) is 0 Å². The Morgan fingerprint density at radius 3 is 2.53 bits per heavy atom. The molecule has 104 valence electrons. The van der Waals surface area contributed by atoms with E-state index < -0.39 is 0 Å². The van der Waals surface area contributed by atoms with Gasteiger partial charge in [-0.3, -0.25) is 0 Å². The lowest BCUT2D eigenvalue weighted by Crippen LogP contribution is -2.06. The van der Waals surface area contributed by atoms with E-state index in [1.54, 1.807) is 0 Å². The number of benzene rings is 1. The number of hydrogen-bond donors (Lipinski definition) is 1. The zero-order valence-corrected chi connectivity index (χ0v) is 13.2. The lowest BCUT2D eigenvalue weighted by molar-refractivity contribution is -0.134. The molecular weight excluding hydrogens is 306 g/mol. The van der Waals surface area contributed by atoms with Crippen molar-refractivity contribution >= 4 is 27.6 Å². The number of hydrogen-bond acceptors (Lipinski definition) is 3. The molecule has 0 aliphatic heterocycles. The maximum Gasteiger partial charge on any atom is 0.332 e. The number of ether oxygens (including phenoxy) is 1. The zero-order chi connectivity index (χ0) is 14.3. The van der Waals surface area contributed by atoms with Gasteiger partial charge in [-0.15, -0.1) is 0 Å². The quantitative estimate of drug-likeness (QED) is 0.624. The van der Waals surface area contributed by atoms with E-state index in [9.17, 15) is 4.79 Å². The second-order valence-corrected chi connectivity index (χ2v) is 5.67. The van der Waals surface area contributed by atoms with Gasteiger partial charge in [0.2, 0.25) is 0 Å². The van der Waals surface area contributed by atoms with Gasteiger partial charge in [-0.1, -0.05) is 29.8 Å². The third kappa shape index (κ3) is 6.43. The molecule has 1 N–H and O–H groups in total. The van der Waals surface area contributed by atoms with Crippen molar-refractivity contribution in [1.82, 2.24) is 0 Å². The molecule has 0 saturated heterocycles. The average molecular weight is 326 g/mol. The predicted octanol–water partition coefficient (Wildman–Crippen LogP) is 4.35. The van der Waals surface area contributed by atoms with E-state index in [0.717, 1.165) is 28.7 Å². The number of allylic oxidation sites excluding steroid dienone is 1. The molecule has 4 heteroatoms. The highest BCUT2D eigenvalue weighted by atomic mass is 79.9. The van der Waals surface area contributed by atoms with Crippen LogP contribution in [0.3, 0.4) is 0 Å². The summed E-state index contributed by atoms with van der Waals surface area (Å²) in [5.74, 6) is 0.260. The topological polar surface area (TPSA) is 38.3 Å². The Morgan fingerprint density at radius 2 is 2.00 bits per heavy atom. The number of nitrogens with one attached hydrogen (secondary N) is 1. The van der Waals surface area contributed by atoms with Crippen LogP contribution in [-0.2, 0) is 9.53 Å². The number of methoxy groups -OCH3 is 1. The molecule has 0 saturated carbocycles. The summed E-state index contributed by atoms with van der Waals surface area (Å²) >= 11 is 3.40. The van der Waals surface area contributed by atoms with E-state index in [-0.39, 0.29) is 5.97 Å². The van der Waals surface area contributed by atoms with Crippen LogP contribution in [0.15, 0.2) is 40.5 Å². The summed E-state index contributed by atoms with van der Waals surface area (Å²) in [6.45, 7) is 4.32. The van der Waals surface area contributed by atoms with Crippen molar-refractivity contribution in [2.75, 3.05) is 12.4 Å². The maximum absolute atomic E-state index is 11.4. The molecule has 0 bridgehead atoms. The molecule has 0 aliphatic rings. The van der Waals surface area contributed by atoms with Crippen LogP contribution in [0.25, 0.3) is 0 Å². The minimum absolute atomic E-state index is 0.330. The highest BCUT2D eigenvalue weighted by Crippen LogP contribution is 2.18. The number of anilines is 1. The van der Waals surface area contributed by atoms with Gasteiger partial charge < -0.3 is 10.1 Å². The van der Waals surface area contributed by atoms with Crippen LogP contribution in [0.5, 0.6) is 0 Å². The van der Waals surface area contributed by atoms with Crippen LogP contribution in [0, 0.1) is 5.92 Å². The molecule has 0 spiro atoms. The number of carbonyl (C=O) groups is 1. The van der Waals surface area contributed by atoms with Crippen LogP contribution in [0.4, 0.5) is 5.69 Å². The van der Waals surface area contributed by atoms with Crippen LogP contribution in [-0.4, -0.2) is 13.1 Å². The Labute approximate surface area is 123 Å². The van der Waals surface area contributed by atoms with Crippen molar-refractivity contribution < 1.29 is 9.53 Å². The van der Waals surface area contributed by atoms with Gasteiger partial charge in [0.15, 0.2) is 0 Å². The Bertz CT molecular complexity index is 438. The summed E-state index contributed by atoms with van der Waals surface area (Å²) in [7, 11) is 1.39. The monoisotopic (exact) mass is 325 g/mol. The third-order valence-electron chi connectivity index (χ3n) is 2.63. The van der Waals surface area contributed by atoms with Crippen LogP contribution < -0.4 is 5.32 Å². The second kappa shape index (κ2) is 8.00. The minimum Gasteiger partial charge on any atom is -0.466 e. The summed E-state index contributed by atoms with van der Waals surface area (Å²) < 4.78 is 5.71. The molecule has 0 fully saturated rings. The van der Waals surface area contributed by atoms with E-state index in [2.05, 4.69) is 39.8 Å². The number of esters is 1. The summed E-state index contributed by atoms with van der Waals surface area (Å²) in [6, 6.07) is 7.84. The van der Waals surface area contributed by atoms with Gasteiger partial charge in [0.25, 0.3) is 0 Å². The van der Waals surface area contributed by atoms with Gasteiger partial charge >= 0.3 is 5.97 Å². The Balaban J connectivity index is 2.75. The molecule has 0 unspecified atom stereocenters. The number of halogens is 1. The molecule has 19 heavy (non-hydrogen) atoms. The first-order valence-corrected chi connectivity index (χ1v) is 7.11. The van der Waals surface area contributed by atoms with Gasteiger partial charge in [0.1, 0.15) is 0 Å². The first kappa shape index (κ1) is 15.8. The molecule has 3 nitrogen and oxygen atoms in total. The van der Waals surface area contributed by atoms with E-state index in [0.29, 0.717) is 5.92 Å². The molecule has 1 rings (SSSR count). The molecular formula is C15H20BrNO2. The van der Waals surface area contributed by atoms with E-state index in [1.807, 2.05) is 24.3 Å². The summed E-state index contributed by atoms with van der Waals surface area (Å²) in [4.78, 5) is 11.4. The SMILES string of the molecule is COC(=O)/C=C(\CCC(C)C)Nc1ccc(Br)cc1. The van der Waals surface area contributed by atoms with Gasteiger partial charge in [-0.25, -0.2) is 4.79 Å². The summed E-state index contributed by atoms with van der Waals surface area (Å²) in [6.07, 6.45) is 3.36. The van der Waals surface area contributed by atoms with Crippen molar-refractivity contribution in [3.8, 4) is 0 Å². The maximum atomic E-state index is 11.4. The van der Waals surface area contributed by atoms with E-state index in [4.69, 9.17) is 0 Å². The largest absolute Gasteiger partial charge is 0.466 e. The fourth-order valence-electron chi connectivity index (χ4n) is 1.53. The summed E-state index contributed by atoms with van der Waals surface area (Å²) in [5, 5.41) is 3.27. The molecule has 0 radical (unpaired) electrons. The molecule has 1 aromatic carbocycles. The van der Waals surface area contributed by atoms with Gasteiger partial charge in [0.05, 0.1) is 7.11 Å². The highest BCUT2D eigenvalue weighted by molar-refractivity contribution is 9.10. The Hall–Kier alpha value is -1.29. The molecule has 0 amide bonds. The van der Waals surface area contributed by atoms with Gasteiger partial charge in [0, 0.05) is 21.9 Å². The van der Waals surface area contributed by atoms with Crippen LogP contribution >= 0.6 is 15.9 Å². The lowest BCUT2D eigenvalue weighted by Gasteiger charge is -2.12. The highest BCUT2D eigenvalue weighted by Gasteiger charge is 2.05. The van der Waals surface area contributed by atoms with Crippen molar-refractivity contribution in [2.24, 2.45) is 5.92 Å². The smallest absolute Gasteiger partial charge is 0.332 e. The van der Waals surface area contributed by atoms with E-state index >= 15 is 0 Å². The van der Waals surface area contributed by atoms with Crippen molar-refractivity contribution in [3.05, 3.63) is 40.5 Å². The van der Waals surface area contributed by atoms with Crippen molar-refractivity contribution in [2.45, 2.75) is 26.7 Å². The number of carbonyl (C=O) groups excluding carboxylic acids is 1. The number of rotatable bonds is 6. The molecule has 0 aromatic heterocycles. The first-order valence-electron chi connectivity index (χ1n) is 6.32. The van der Waals surface area contributed by atoms with Crippen molar-refractivity contribution in [3.63, 3.8) is 0 Å². The molecule has 0 atom stereocenters. The zero-order valence-electron chi connectivity index (χ0n) is 11.6. The van der Waals surface area contributed by atoms with Crippen molar-refractivity contribution in [1.29, 1.82) is 0 Å². The lowest BCUT2D eigenvalue weighted by atomic mass is 10.1. The normalized spacial score (nSPS) is 11.5. The average Bonchev–Trinajstić information content (AvgIpc) is 2.38. The fraction of sp³-hybridized carbons (Fsp3) is 0.400. The van der Waals surface area contributed by atoms with Crippen LogP contribution in [0.1, 0.15) is 26.7 Å². The first-order chi connectivity index (χ1) is 9.01. The van der Waals surface area contributed by atoms with Gasteiger partial charge in [-0.05, 0) is 43.0 Å². The van der Waals surface area contributed by atoms with E-state index in [1.165, 1.54) is 13.2 Å². The minimum atomic E-state index is -0.330. The van der Waals surface area contributed by atoms with Gasteiger partial charge in [-0.2, -0.15) is 0 Å². The predicted molar refractivity (Wildman–Crippen MR) is 81.9 cm³/mol.